The van der Waals surface area contributed by atoms with Crippen LogP contribution in [0.1, 0.15) is 39.2 Å². The number of benzene rings is 1. The molecule has 0 aliphatic heterocycles. The Morgan fingerprint density at radius 1 is 1.00 bits per heavy atom. The first-order valence-electron chi connectivity index (χ1n) is 6.51. The molecule has 0 fully saturated rings. The molecule has 0 saturated carbocycles. The minimum atomic E-state index is 0.428. The first-order valence-corrected chi connectivity index (χ1v) is 6.51. The van der Waals surface area contributed by atoms with Crippen molar-refractivity contribution in [1.29, 1.82) is 0 Å². The van der Waals surface area contributed by atoms with Crippen LogP contribution in [0.4, 0.5) is 0 Å². The average molecular weight is 219 g/mol. The van der Waals surface area contributed by atoms with Gasteiger partial charge >= 0.3 is 0 Å². The van der Waals surface area contributed by atoms with Crippen LogP contribution in [-0.4, -0.2) is 13.1 Å². The van der Waals surface area contributed by atoms with Gasteiger partial charge in [0.15, 0.2) is 0 Å². The highest BCUT2D eigenvalue weighted by molar-refractivity contribution is 5.16. The van der Waals surface area contributed by atoms with Gasteiger partial charge in [-0.15, -0.1) is 0 Å². The molecule has 0 amide bonds. The molecule has 16 heavy (non-hydrogen) atoms. The molecule has 1 nitrogen and oxygen atoms in total. The third kappa shape index (κ3) is 3.64. The largest absolute Gasteiger partial charge is 0.316 e. The van der Waals surface area contributed by atoms with Crippen molar-refractivity contribution in [2.24, 2.45) is 5.41 Å². The molecule has 0 aliphatic carbocycles. The Kier molecular flexibility index (Phi) is 5.54. The molecule has 0 aromatic heterocycles. The van der Waals surface area contributed by atoms with Crippen molar-refractivity contribution in [3.63, 3.8) is 0 Å². The third-order valence-electron chi connectivity index (χ3n) is 3.67. The van der Waals surface area contributed by atoms with E-state index in [1.165, 1.54) is 24.8 Å². The zero-order valence-electron chi connectivity index (χ0n) is 10.9. The fraction of sp³-hybridized carbons (Fsp3) is 0.600. The highest BCUT2D eigenvalue weighted by Gasteiger charge is 2.25. The summed E-state index contributed by atoms with van der Waals surface area (Å²) in [7, 11) is 0. The van der Waals surface area contributed by atoms with Crippen LogP contribution in [0.15, 0.2) is 30.3 Å². The van der Waals surface area contributed by atoms with E-state index in [-0.39, 0.29) is 0 Å². The van der Waals surface area contributed by atoms with Gasteiger partial charge in [-0.25, -0.2) is 0 Å². The van der Waals surface area contributed by atoms with E-state index in [2.05, 4.69) is 56.4 Å². The lowest BCUT2D eigenvalue weighted by molar-refractivity contribution is 0.248. The van der Waals surface area contributed by atoms with Crippen LogP contribution in [0.3, 0.4) is 0 Å². The normalized spacial score (nSPS) is 11.7. The molecule has 90 valence electrons. The van der Waals surface area contributed by atoms with Crippen LogP contribution in [0, 0.1) is 5.41 Å². The SMILES string of the molecule is CCNCC(CC)(CC)Cc1ccccc1. The molecule has 1 aromatic rings. The van der Waals surface area contributed by atoms with E-state index in [0.717, 1.165) is 13.1 Å². The summed E-state index contributed by atoms with van der Waals surface area (Å²) >= 11 is 0. The van der Waals surface area contributed by atoms with Crippen molar-refractivity contribution >= 4 is 0 Å². The van der Waals surface area contributed by atoms with Gasteiger partial charge in [-0.2, -0.15) is 0 Å². The lowest BCUT2D eigenvalue weighted by Gasteiger charge is -2.32. The van der Waals surface area contributed by atoms with Crippen molar-refractivity contribution in [2.75, 3.05) is 13.1 Å². The van der Waals surface area contributed by atoms with E-state index in [1.807, 2.05) is 0 Å². The van der Waals surface area contributed by atoms with Gasteiger partial charge in [0.05, 0.1) is 0 Å². The molecular formula is C15H25N. The number of nitrogens with one attached hydrogen (secondary N) is 1. The van der Waals surface area contributed by atoms with Crippen molar-refractivity contribution in [3.8, 4) is 0 Å². The van der Waals surface area contributed by atoms with E-state index in [0.29, 0.717) is 5.41 Å². The second-order valence-corrected chi connectivity index (χ2v) is 4.65. The van der Waals surface area contributed by atoms with Gasteiger partial charge in [-0.3, -0.25) is 0 Å². The number of hydrogen-bond acceptors (Lipinski definition) is 1. The van der Waals surface area contributed by atoms with Gasteiger partial charge in [-0.05, 0) is 36.8 Å². The maximum Gasteiger partial charge on any atom is 0.00107 e. The Labute approximate surface area is 100 Å². The van der Waals surface area contributed by atoms with Gasteiger partial charge < -0.3 is 5.32 Å². The molecular weight excluding hydrogens is 194 g/mol. The average Bonchev–Trinajstić information content (AvgIpc) is 2.36. The van der Waals surface area contributed by atoms with Gasteiger partial charge in [0, 0.05) is 6.54 Å². The van der Waals surface area contributed by atoms with Gasteiger partial charge in [0.2, 0.25) is 0 Å². The molecule has 1 heteroatoms. The summed E-state index contributed by atoms with van der Waals surface area (Å²) in [6.45, 7) is 8.99. The molecule has 0 spiro atoms. The van der Waals surface area contributed by atoms with Crippen molar-refractivity contribution in [2.45, 2.75) is 40.0 Å². The van der Waals surface area contributed by atoms with Crippen LogP contribution in [0.2, 0.25) is 0 Å². The first-order chi connectivity index (χ1) is 7.76. The van der Waals surface area contributed by atoms with Crippen LogP contribution < -0.4 is 5.32 Å². The minimum absolute atomic E-state index is 0.428. The Hall–Kier alpha value is -0.820. The van der Waals surface area contributed by atoms with Crippen molar-refractivity contribution in [1.82, 2.24) is 5.32 Å². The zero-order valence-corrected chi connectivity index (χ0v) is 10.9. The maximum atomic E-state index is 3.51. The second kappa shape index (κ2) is 6.70. The molecule has 1 rings (SSSR count). The molecule has 0 aliphatic rings. The molecule has 0 bridgehead atoms. The lowest BCUT2D eigenvalue weighted by Crippen LogP contribution is -2.35. The van der Waals surface area contributed by atoms with Crippen molar-refractivity contribution < 1.29 is 0 Å². The van der Waals surface area contributed by atoms with Crippen LogP contribution in [0.25, 0.3) is 0 Å². The van der Waals surface area contributed by atoms with E-state index in [9.17, 15) is 0 Å². The van der Waals surface area contributed by atoms with Crippen LogP contribution in [-0.2, 0) is 6.42 Å². The Morgan fingerprint density at radius 3 is 2.12 bits per heavy atom. The molecule has 0 radical (unpaired) electrons. The highest BCUT2D eigenvalue weighted by Crippen LogP contribution is 2.30. The monoisotopic (exact) mass is 219 g/mol. The molecule has 0 unspecified atom stereocenters. The molecule has 0 heterocycles. The summed E-state index contributed by atoms with van der Waals surface area (Å²) in [6, 6.07) is 10.8. The Morgan fingerprint density at radius 2 is 1.62 bits per heavy atom. The smallest absolute Gasteiger partial charge is 0.00107 e. The summed E-state index contributed by atoms with van der Waals surface area (Å²) in [4.78, 5) is 0. The van der Waals surface area contributed by atoms with Crippen molar-refractivity contribution in [3.05, 3.63) is 35.9 Å². The minimum Gasteiger partial charge on any atom is -0.316 e. The Bertz CT molecular complexity index is 275. The Balaban J connectivity index is 2.70. The summed E-state index contributed by atoms with van der Waals surface area (Å²) < 4.78 is 0. The van der Waals surface area contributed by atoms with E-state index >= 15 is 0 Å². The molecule has 0 atom stereocenters. The third-order valence-corrected chi connectivity index (χ3v) is 3.67. The zero-order chi connectivity index (χ0) is 11.9. The van der Waals surface area contributed by atoms with E-state index in [1.54, 1.807) is 0 Å². The number of rotatable bonds is 7. The summed E-state index contributed by atoms with van der Waals surface area (Å²) in [5.74, 6) is 0. The number of hydrogen-bond donors (Lipinski definition) is 1. The topological polar surface area (TPSA) is 12.0 Å². The predicted molar refractivity (Wildman–Crippen MR) is 71.7 cm³/mol. The standard InChI is InChI=1S/C15H25N/c1-4-15(5-2,13-16-6-3)12-14-10-8-7-9-11-14/h7-11,16H,4-6,12-13H2,1-3H3. The molecule has 1 N–H and O–H groups in total. The van der Waals surface area contributed by atoms with E-state index in [4.69, 9.17) is 0 Å². The van der Waals surface area contributed by atoms with Gasteiger partial charge in [-0.1, -0.05) is 51.1 Å². The summed E-state index contributed by atoms with van der Waals surface area (Å²) in [5, 5.41) is 3.51. The first kappa shape index (κ1) is 13.2. The van der Waals surface area contributed by atoms with Gasteiger partial charge in [0.1, 0.15) is 0 Å². The highest BCUT2D eigenvalue weighted by atomic mass is 14.9. The summed E-state index contributed by atoms with van der Waals surface area (Å²) in [5.41, 5.74) is 1.89. The quantitative estimate of drug-likeness (QED) is 0.738. The van der Waals surface area contributed by atoms with Gasteiger partial charge in [0.25, 0.3) is 0 Å². The fourth-order valence-electron chi connectivity index (χ4n) is 2.23. The van der Waals surface area contributed by atoms with Crippen LogP contribution in [0.5, 0.6) is 0 Å². The second-order valence-electron chi connectivity index (χ2n) is 4.65. The van der Waals surface area contributed by atoms with Crippen LogP contribution >= 0.6 is 0 Å². The van der Waals surface area contributed by atoms with E-state index < -0.39 is 0 Å². The maximum absolute atomic E-state index is 3.51. The summed E-state index contributed by atoms with van der Waals surface area (Å²) in [6.07, 6.45) is 3.67. The fourth-order valence-corrected chi connectivity index (χ4v) is 2.23. The predicted octanol–water partition coefficient (Wildman–Crippen LogP) is 3.65. The molecule has 0 saturated heterocycles. The molecule has 1 aromatic carbocycles. The lowest BCUT2D eigenvalue weighted by atomic mass is 9.77.